The van der Waals surface area contributed by atoms with Crippen molar-refractivity contribution in [2.75, 3.05) is 33.1 Å². The van der Waals surface area contributed by atoms with Crippen molar-refractivity contribution in [3.8, 4) is 5.75 Å². The molecule has 1 aromatic carbocycles. The molecular formula is C23H28N6O3. The van der Waals surface area contributed by atoms with Crippen LogP contribution in [0.3, 0.4) is 0 Å². The largest absolute Gasteiger partial charge is 0.495 e. The molecule has 0 bridgehead atoms. The van der Waals surface area contributed by atoms with Gasteiger partial charge in [-0.15, -0.1) is 0 Å². The second kappa shape index (κ2) is 8.38. The Hall–Kier alpha value is -3.20. The van der Waals surface area contributed by atoms with Gasteiger partial charge < -0.3 is 19.7 Å². The van der Waals surface area contributed by atoms with E-state index in [9.17, 15) is 4.79 Å². The summed E-state index contributed by atoms with van der Waals surface area (Å²) in [5, 5.41) is 8.76. The standard InChI is InChI=1S/C23H28N6O3/c1-28-7-6-14-10-20(31-2)19(9-16(14)13-28)26-23-24-11-17-12-25-29(21(17)27-23)18-5-4-15(8-18)22(30)32-3/h9-12,15,18H,4-8,13H2,1-3H3,(H,24,26,27). The van der Waals surface area contributed by atoms with Crippen LogP contribution in [0, 0.1) is 5.92 Å². The lowest BCUT2D eigenvalue weighted by atomic mass is 9.99. The molecule has 9 heteroatoms. The van der Waals surface area contributed by atoms with Crippen LogP contribution in [0.1, 0.15) is 36.4 Å². The molecule has 0 spiro atoms. The molecule has 32 heavy (non-hydrogen) atoms. The number of rotatable bonds is 5. The number of ether oxygens (including phenoxy) is 2. The van der Waals surface area contributed by atoms with Crippen LogP contribution in [-0.2, 0) is 22.5 Å². The zero-order valence-corrected chi connectivity index (χ0v) is 18.7. The smallest absolute Gasteiger partial charge is 0.308 e. The Morgan fingerprint density at radius 3 is 2.88 bits per heavy atom. The van der Waals surface area contributed by atoms with E-state index in [1.807, 2.05) is 4.68 Å². The van der Waals surface area contributed by atoms with E-state index in [-0.39, 0.29) is 17.9 Å². The molecule has 9 nitrogen and oxygen atoms in total. The third-order valence-electron chi connectivity index (χ3n) is 6.59. The maximum Gasteiger partial charge on any atom is 0.308 e. The number of aromatic nitrogens is 4. The van der Waals surface area contributed by atoms with Gasteiger partial charge in [-0.3, -0.25) is 4.79 Å². The molecule has 168 valence electrons. The summed E-state index contributed by atoms with van der Waals surface area (Å²) in [5.41, 5.74) is 4.21. The summed E-state index contributed by atoms with van der Waals surface area (Å²) in [4.78, 5) is 23.5. The molecule has 0 amide bonds. The molecule has 1 aliphatic carbocycles. The van der Waals surface area contributed by atoms with Gasteiger partial charge in [0.2, 0.25) is 5.95 Å². The van der Waals surface area contributed by atoms with E-state index in [4.69, 9.17) is 14.5 Å². The average Bonchev–Trinajstić information content (AvgIpc) is 3.45. The maximum absolute atomic E-state index is 11.9. The SMILES string of the molecule is COC(=O)C1CCC(n2ncc3cnc(Nc4cc5c(cc4OC)CCN(C)C5)nc32)C1. The Labute approximate surface area is 186 Å². The van der Waals surface area contributed by atoms with E-state index >= 15 is 0 Å². The fourth-order valence-corrected chi connectivity index (χ4v) is 4.84. The van der Waals surface area contributed by atoms with Crippen molar-refractivity contribution in [1.82, 2.24) is 24.6 Å². The molecule has 2 aliphatic rings. The topological polar surface area (TPSA) is 94.4 Å². The van der Waals surface area contributed by atoms with Gasteiger partial charge in [0.15, 0.2) is 5.65 Å². The highest BCUT2D eigenvalue weighted by atomic mass is 16.5. The molecule has 1 saturated carbocycles. The summed E-state index contributed by atoms with van der Waals surface area (Å²) >= 11 is 0. The van der Waals surface area contributed by atoms with Gasteiger partial charge in [-0.05, 0) is 56.0 Å². The first-order valence-electron chi connectivity index (χ1n) is 11.0. The Bertz CT molecular complexity index is 1160. The van der Waals surface area contributed by atoms with Crippen LogP contribution in [0.15, 0.2) is 24.5 Å². The minimum Gasteiger partial charge on any atom is -0.495 e. The molecule has 0 radical (unpaired) electrons. The van der Waals surface area contributed by atoms with Crippen molar-refractivity contribution in [2.24, 2.45) is 5.92 Å². The number of anilines is 2. The number of methoxy groups -OCH3 is 2. The predicted octanol–water partition coefficient (Wildman–Crippen LogP) is 3.08. The number of hydrogen-bond acceptors (Lipinski definition) is 8. The Morgan fingerprint density at radius 1 is 1.19 bits per heavy atom. The van der Waals surface area contributed by atoms with E-state index < -0.39 is 0 Å². The number of esters is 1. The van der Waals surface area contributed by atoms with Crippen LogP contribution in [0.2, 0.25) is 0 Å². The van der Waals surface area contributed by atoms with Gasteiger partial charge in [-0.2, -0.15) is 10.1 Å². The van der Waals surface area contributed by atoms with E-state index in [0.717, 1.165) is 54.8 Å². The lowest BCUT2D eigenvalue weighted by molar-refractivity contribution is -0.145. The summed E-state index contributed by atoms with van der Waals surface area (Å²) in [5.74, 6) is 1.04. The zero-order chi connectivity index (χ0) is 22.2. The van der Waals surface area contributed by atoms with Gasteiger partial charge in [-0.1, -0.05) is 0 Å². The second-order valence-corrected chi connectivity index (χ2v) is 8.68. The Morgan fingerprint density at radius 2 is 2.06 bits per heavy atom. The highest BCUT2D eigenvalue weighted by molar-refractivity contribution is 5.76. The highest BCUT2D eigenvalue weighted by Crippen LogP contribution is 2.37. The summed E-state index contributed by atoms with van der Waals surface area (Å²) in [6.07, 6.45) is 6.95. The molecule has 2 unspecified atom stereocenters. The van der Waals surface area contributed by atoms with Crippen molar-refractivity contribution < 1.29 is 14.3 Å². The lowest BCUT2D eigenvalue weighted by Gasteiger charge is -2.26. The zero-order valence-electron chi connectivity index (χ0n) is 18.7. The number of carbonyl (C=O) groups is 1. The van der Waals surface area contributed by atoms with Crippen LogP contribution >= 0.6 is 0 Å². The fourth-order valence-electron chi connectivity index (χ4n) is 4.84. The molecule has 2 aromatic heterocycles. The lowest BCUT2D eigenvalue weighted by Crippen LogP contribution is -2.26. The molecule has 3 aromatic rings. The van der Waals surface area contributed by atoms with Gasteiger partial charge in [0.25, 0.3) is 0 Å². The monoisotopic (exact) mass is 436 g/mol. The molecule has 0 saturated heterocycles. The van der Waals surface area contributed by atoms with Crippen molar-refractivity contribution >= 4 is 28.6 Å². The first-order chi connectivity index (χ1) is 15.6. The number of likely N-dealkylation sites (N-methyl/N-ethyl adjacent to an activating group) is 1. The molecule has 1 N–H and O–H groups in total. The third kappa shape index (κ3) is 3.77. The number of fused-ring (bicyclic) bond motifs is 2. The highest BCUT2D eigenvalue weighted by Gasteiger charge is 2.33. The average molecular weight is 437 g/mol. The fraction of sp³-hybridized carbons (Fsp3) is 0.478. The van der Waals surface area contributed by atoms with E-state index in [1.54, 1.807) is 19.5 Å². The van der Waals surface area contributed by atoms with E-state index in [0.29, 0.717) is 12.4 Å². The molecule has 3 heterocycles. The molecule has 2 atom stereocenters. The van der Waals surface area contributed by atoms with Crippen molar-refractivity contribution in [1.29, 1.82) is 0 Å². The van der Waals surface area contributed by atoms with Gasteiger partial charge in [-0.25, -0.2) is 9.67 Å². The number of nitrogens with one attached hydrogen (secondary N) is 1. The normalized spacial score (nSPS) is 20.8. The summed E-state index contributed by atoms with van der Waals surface area (Å²) in [7, 11) is 5.25. The Balaban J connectivity index is 1.43. The first kappa shape index (κ1) is 20.7. The number of nitrogens with zero attached hydrogens (tertiary/aromatic N) is 5. The third-order valence-corrected chi connectivity index (χ3v) is 6.59. The molecular weight excluding hydrogens is 408 g/mol. The predicted molar refractivity (Wildman–Crippen MR) is 120 cm³/mol. The minimum atomic E-state index is -0.147. The summed E-state index contributed by atoms with van der Waals surface area (Å²) in [6.45, 7) is 1.95. The van der Waals surface area contributed by atoms with Crippen molar-refractivity contribution in [3.63, 3.8) is 0 Å². The number of hydrogen-bond donors (Lipinski definition) is 1. The second-order valence-electron chi connectivity index (χ2n) is 8.68. The number of benzene rings is 1. The van der Waals surface area contributed by atoms with Crippen molar-refractivity contribution in [2.45, 2.75) is 38.3 Å². The van der Waals surface area contributed by atoms with Gasteiger partial charge >= 0.3 is 5.97 Å². The van der Waals surface area contributed by atoms with Gasteiger partial charge in [0.1, 0.15) is 5.75 Å². The van der Waals surface area contributed by atoms with Crippen LogP contribution in [0.4, 0.5) is 11.6 Å². The Kier molecular flexibility index (Phi) is 5.42. The summed E-state index contributed by atoms with van der Waals surface area (Å²) < 4.78 is 12.5. The van der Waals surface area contributed by atoms with E-state index in [2.05, 4.69) is 39.5 Å². The van der Waals surface area contributed by atoms with Crippen molar-refractivity contribution in [3.05, 3.63) is 35.7 Å². The van der Waals surface area contributed by atoms with Crippen LogP contribution in [0.25, 0.3) is 11.0 Å². The minimum absolute atomic E-state index is 0.0819. The molecule has 1 fully saturated rings. The first-order valence-corrected chi connectivity index (χ1v) is 11.0. The van der Waals surface area contributed by atoms with Gasteiger partial charge in [0, 0.05) is 19.3 Å². The van der Waals surface area contributed by atoms with Gasteiger partial charge in [0.05, 0.1) is 43.4 Å². The maximum atomic E-state index is 11.9. The molecule has 5 rings (SSSR count). The van der Waals surface area contributed by atoms with E-state index in [1.165, 1.54) is 18.2 Å². The quantitative estimate of drug-likeness (QED) is 0.610. The molecule has 1 aliphatic heterocycles. The van der Waals surface area contributed by atoms with Crippen LogP contribution in [0.5, 0.6) is 5.75 Å². The van der Waals surface area contributed by atoms with Crippen LogP contribution < -0.4 is 10.1 Å². The summed E-state index contributed by atoms with van der Waals surface area (Å²) in [6, 6.07) is 4.36. The van der Waals surface area contributed by atoms with Crippen LogP contribution in [-0.4, -0.2) is 58.4 Å². The number of carbonyl (C=O) groups excluding carboxylic acids is 1.